The fraction of sp³-hybridized carbons (Fsp3) is 0.600. The number of hydrogen-bond donors (Lipinski definition) is 0. The average Bonchev–Trinajstić information content (AvgIpc) is 2.93. The number of piperidine rings is 1. The first-order valence-electron chi connectivity index (χ1n) is 9.42. The summed E-state index contributed by atoms with van der Waals surface area (Å²) < 4.78 is 5.67. The van der Waals surface area contributed by atoms with Crippen molar-refractivity contribution in [3.05, 3.63) is 30.3 Å². The third-order valence-corrected chi connectivity index (χ3v) is 5.30. The quantitative estimate of drug-likeness (QED) is 0.772. The number of nitrogens with zero attached hydrogens (tertiary/aromatic N) is 3. The average molecular weight is 359 g/mol. The maximum absolute atomic E-state index is 12.7. The van der Waals surface area contributed by atoms with Gasteiger partial charge in [-0.25, -0.2) is 0 Å². The fourth-order valence-corrected chi connectivity index (χ4v) is 3.86. The molecule has 6 nitrogen and oxygen atoms in total. The number of rotatable bonds is 6. The molecule has 0 aliphatic carbocycles. The van der Waals surface area contributed by atoms with Gasteiger partial charge in [-0.05, 0) is 30.9 Å². The minimum atomic E-state index is 0.125. The molecule has 2 bridgehead atoms. The Labute approximate surface area is 155 Å². The second kappa shape index (κ2) is 8.54. The number of carbonyl (C=O) groups excluding carboxylic acids is 2. The predicted octanol–water partition coefficient (Wildman–Crippen LogP) is 1.47. The zero-order valence-corrected chi connectivity index (χ0v) is 15.8. The normalized spacial score (nSPS) is 22.8. The summed E-state index contributed by atoms with van der Waals surface area (Å²) in [4.78, 5) is 30.6. The zero-order valence-electron chi connectivity index (χ0n) is 15.8. The van der Waals surface area contributed by atoms with Crippen molar-refractivity contribution in [3.8, 4) is 5.75 Å². The topological polar surface area (TPSA) is 53.1 Å². The van der Waals surface area contributed by atoms with E-state index in [4.69, 9.17) is 4.74 Å². The van der Waals surface area contributed by atoms with E-state index in [0.29, 0.717) is 25.5 Å². The van der Waals surface area contributed by atoms with Crippen molar-refractivity contribution in [2.24, 2.45) is 5.92 Å². The number of ether oxygens (including phenoxy) is 1. The summed E-state index contributed by atoms with van der Waals surface area (Å²) in [5.74, 6) is 1.55. The summed E-state index contributed by atoms with van der Waals surface area (Å²) in [6.07, 6.45) is 2.57. The van der Waals surface area contributed by atoms with E-state index in [0.717, 1.165) is 38.2 Å². The van der Waals surface area contributed by atoms with Gasteiger partial charge in [0.05, 0.1) is 19.6 Å². The second-order valence-corrected chi connectivity index (χ2v) is 7.54. The van der Waals surface area contributed by atoms with E-state index in [2.05, 4.69) is 4.90 Å². The van der Waals surface area contributed by atoms with Crippen LogP contribution in [0.25, 0.3) is 0 Å². The molecule has 2 unspecified atom stereocenters. The van der Waals surface area contributed by atoms with Crippen LogP contribution in [0.2, 0.25) is 0 Å². The van der Waals surface area contributed by atoms with Crippen LogP contribution in [0, 0.1) is 5.92 Å². The van der Waals surface area contributed by atoms with Gasteiger partial charge < -0.3 is 14.5 Å². The van der Waals surface area contributed by atoms with E-state index in [1.54, 1.807) is 19.0 Å². The van der Waals surface area contributed by atoms with Crippen molar-refractivity contribution < 1.29 is 14.3 Å². The number of fused-ring (bicyclic) bond motifs is 4. The van der Waals surface area contributed by atoms with Crippen molar-refractivity contribution in [3.63, 3.8) is 0 Å². The molecule has 0 N–H and O–H groups in total. The molecule has 0 radical (unpaired) electrons. The first kappa shape index (κ1) is 18.7. The van der Waals surface area contributed by atoms with Crippen LogP contribution < -0.4 is 4.74 Å². The molecular formula is C20H29N3O3. The van der Waals surface area contributed by atoms with Gasteiger partial charge in [0.2, 0.25) is 11.8 Å². The van der Waals surface area contributed by atoms with Crippen LogP contribution in [0.15, 0.2) is 30.3 Å². The molecule has 3 aliphatic rings. The molecule has 0 spiro atoms. The molecule has 2 amide bonds. The van der Waals surface area contributed by atoms with Crippen molar-refractivity contribution in [1.82, 2.24) is 14.7 Å². The molecule has 2 atom stereocenters. The van der Waals surface area contributed by atoms with Gasteiger partial charge in [0, 0.05) is 39.8 Å². The van der Waals surface area contributed by atoms with E-state index in [9.17, 15) is 9.59 Å². The van der Waals surface area contributed by atoms with Gasteiger partial charge in [0.1, 0.15) is 5.75 Å². The molecule has 1 aromatic carbocycles. The summed E-state index contributed by atoms with van der Waals surface area (Å²) in [6, 6.07) is 9.81. The summed E-state index contributed by atoms with van der Waals surface area (Å²) >= 11 is 0. The Morgan fingerprint density at radius 2 is 1.88 bits per heavy atom. The fourth-order valence-electron chi connectivity index (χ4n) is 3.86. The Morgan fingerprint density at radius 1 is 1.12 bits per heavy atom. The van der Waals surface area contributed by atoms with Crippen LogP contribution in [0.5, 0.6) is 5.75 Å². The van der Waals surface area contributed by atoms with Crippen LogP contribution in [0.4, 0.5) is 0 Å². The molecule has 3 fully saturated rings. The summed E-state index contributed by atoms with van der Waals surface area (Å²) in [5, 5.41) is 0. The van der Waals surface area contributed by atoms with E-state index < -0.39 is 0 Å². The highest BCUT2D eigenvalue weighted by Crippen LogP contribution is 2.28. The standard InChI is InChI=1S/C20H29N3O3/c1-21(2)20(25)15-22-12-16-8-9-17(14-22)23(13-16)19(24)10-11-26-18-6-4-3-5-7-18/h3-7,16-17H,8-15H2,1-2H3. The van der Waals surface area contributed by atoms with E-state index in [1.807, 2.05) is 35.2 Å². The minimum absolute atomic E-state index is 0.125. The SMILES string of the molecule is CN(C)C(=O)CN1CC2CCC(C1)N(C(=O)CCOc1ccccc1)C2. The zero-order chi connectivity index (χ0) is 18.5. The maximum Gasteiger partial charge on any atom is 0.236 e. The molecule has 3 heterocycles. The van der Waals surface area contributed by atoms with Crippen molar-refractivity contribution >= 4 is 11.8 Å². The largest absolute Gasteiger partial charge is 0.493 e. The van der Waals surface area contributed by atoms with Gasteiger partial charge in [-0.2, -0.15) is 0 Å². The number of carbonyl (C=O) groups is 2. The molecule has 6 heteroatoms. The number of likely N-dealkylation sites (N-methyl/N-ethyl adjacent to an activating group) is 1. The summed E-state index contributed by atoms with van der Waals surface area (Å²) in [7, 11) is 3.58. The van der Waals surface area contributed by atoms with Crippen LogP contribution in [-0.4, -0.2) is 79.4 Å². The molecule has 4 rings (SSSR count). The second-order valence-electron chi connectivity index (χ2n) is 7.54. The molecule has 142 valence electrons. The molecule has 0 saturated carbocycles. The molecule has 1 aromatic rings. The smallest absolute Gasteiger partial charge is 0.236 e. The van der Waals surface area contributed by atoms with Gasteiger partial charge in [-0.15, -0.1) is 0 Å². The number of para-hydroxylation sites is 1. The molecule has 3 aliphatic heterocycles. The molecule has 26 heavy (non-hydrogen) atoms. The van der Waals surface area contributed by atoms with Crippen molar-refractivity contribution in [2.45, 2.75) is 25.3 Å². The highest BCUT2D eigenvalue weighted by atomic mass is 16.5. The van der Waals surface area contributed by atoms with E-state index in [-0.39, 0.29) is 17.9 Å². The van der Waals surface area contributed by atoms with Crippen LogP contribution in [-0.2, 0) is 9.59 Å². The van der Waals surface area contributed by atoms with Crippen molar-refractivity contribution in [2.75, 3.05) is 46.9 Å². The van der Waals surface area contributed by atoms with Crippen LogP contribution in [0.1, 0.15) is 19.3 Å². The molecule has 0 aromatic heterocycles. The Kier molecular flexibility index (Phi) is 6.14. The third kappa shape index (κ3) is 4.75. The highest BCUT2D eigenvalue weighted by Gasteiger charge is 2.37. The lowest BCUT2D eigenvalue weighted by Gasteiger charge is -2.36. The van der Waals surface area contributed by atoms with Gasteiger partial charge in [-0.1, -0.05) is 18.2 Å². The lowest BCUT2D eigenvalue weighted by Crippen LogP contribution is -2.48. The Morgan fingerprint density at radius 3 is 2.62 bits per heavy atom. The lowest BCUT2D eigenvalue weighted by molar-refractivity contribution is -0.135. The van der Waals surface area contributed by atoms with Crippen LogP contribution in [0.3, 0.4) is 0 Å². The first-order valence-corrected chi connectivity index (χ1v) is 9.42. The third-order valence-electron chi connectivity index (χ3n) is 5.30. The van der Waals surface area contributed by atoms with Gasteiger partial charge >= 0.3 is 0 Å². The first-order chi connectivity index (χ1) is 12.5. The molecule has 3 saturated heterocycles. The van der Waals surface area contributed by atoms with Gasteiger partial charge in [0.25, 0.3) is 0 Å². The molecular weight excluding hydrogens is 330 g/mol. The Hall–Kier alpha value is -2.08. The predicted molar refractivity (Wildman–Crippen MR) is 99.9 cm³/mol. The lowest BCUT2D eigenvalue weighted by atomic mass is 9.95. The summed E-state index contributed by atoms with van der Waals surface area (Å²) in [6.45, 7) is 3.35. The Bertz CT molecular complexity index is 620. The minimum Gasteiger partial charge on any atom is -0.493 e. The number of hydrogen-bond acceptors (Lipinski definition) is 4. The number of amides is 2. The monoisotopic (exact) mass is 359 g/mol. The highest BCUT2D eigenvalue weighted by molar-refractivity contribution is 5.78. The van der Waals surface area contributed by atoms with Gasteiger partial charge in [-0.3, -0.25) is 14.5 Å². The summed E-state index contributed by atoms with van der Waals surface area (Å²) in [5.41, 5.74) is 0. The van der Waals surface area contributed by atoms with Crippen molar-refractivity contribution in [1.29, 1.82) is 0 Å². The Balaban J connectivity index is 1.52. The van der Waals surface area contributed by atoms with Crippen LogP contribution >= 0.6 is 0 Å². The van der Waals surface area contributed by atoms with Gasteiger partial charge in [0.15, 0.2) is 0 Å². The van der Waals surface area contributed by atoms with E-state index >= 15 is 0 Å². The maximum atomic E-state index is 12.7. The number of benzene rings is 1. The van der Waals surface area contributed by atoms with E-state index in [1.165, 1.54) is 0 Å².